The molecule has 2 N–H and O–H groups in total. The Labute approximate surface area is 383 Å². The molecule has 4 fully saturated rings. The summed E-state index contributed by atoms with van der Waals surface area (Å²) < 4.78 is 0. The number of hydrogen-bond donors (Lipinski definition) is 2. The molecule has 5 amide bonds. The second-order valence-corrected chi connectivity index (χ2v) is 18.1. The van der Waals surface area contributed by atoms with Crippen LogP contribution in [0.15, 0.2) is 67.1 Å². The lowest BCUT2D eigenvalue weighted by Gasteiger charge is -2.43. The van der Waals surface area contributed by atoms with Crippen molar-refractivity contribution in [2.24, 2.45) is 5.92 Å². The summed E-state index contributed by atoms with van der Waals surface area (Å²) in [6, 6.07) is 13.3. The molecule has 2 aromatic heterocycles. The Morgan fingerprint density at radius 2 is 1.68 bits per heavy atom. The highest BCUT2D eigenvalue weighted by atomic mass is 16.2. The van der Waals surface area contributed by atoms with Gasteiger partial charge in [-0.2, -0.15) is 0 Å². The minimum atomic E-state index is -0.623. The Balaban J connectivity index is 0.673. The van der Waals surface area contributed by atoms with E-state index >= 15 is 0 Å². The van der Waals surface area contributed by atoms with Crippen LogP contribution in [-0.2, 0) is 20.9 Å². The van der Waals surface area contributed by atoms with Gasteiger partial charge in [0.05, 0.1) is 5.56 Å². The van der Waals surface area contributed by atoms with Gasteiger partial charge in [-0.25, -0.2) is 4.98 Å². The number of anilines is 1. The number of pyridine rings is 2. The lowest BCUT2D eigenvalue weighted by Crippen LogP contribution is -2.53. The third-order valence-electron chi connectivity index (χ3n) is 13.9. The summed E-state index contributed by atoms with van der Waals surface area (Å²) in [5.41, 5.74) is 3.88. The molecule has 8 rings (SSSR count). The summed E-state index contributed by atoms with van der Waals surface area (Å²) in [5.74, 6) is 7.33. The molecule has 1 unspecified atom stereocenters. The van der Waals surface area contributed by atoms with Crippen molar-refractivity contribution in [3.8, 4) is 11.8 Å². The van der Waals surface area contributed by atoms with Gasteiger partial charge in [-0.15, -0.1) is 0 Å². The molecule has 342 valence electrons. The molecule has 65 heavy (non-hydrogen) atoms. The van der Waals surface area contributed by atoms with Crippen LogP contribution >= 0.6 is 0 Å². The summed E-state index contributed by atoms with van der Waals surface area (Å²) >= 11 is 0. The number of imide groups is 1. The van der Waals surface area contributed by atoms with E-state index in [4.69, 9.17) is 4.98 Å². The molecule has 7 heterocycles. The summed E-state index contributed by atoms with van der Waals surface area (Å²) in [5, 5.41) is 5.33. The number of hydrogen-bond acceptors (Lipinski definition) is 10. The lowest BCUT2D eigenvalue weighted by atomic mass is 9.91. The molecule has 0 aliphatic carbocycles. The number of aromatic nitrogens is 2. The predicted molar refractivity (Wildman–Crippen MR) is 249 cm³/mol. The standard InChI is InChI=1S/C51H63N9O5/c61-47(18-14-39-10-8-24-52-35-39)53-25-5-4-9-38-20-27-59(28-21-38)50(64)41-15-17-46(54-36-41)58-29-22-42(23-30-58)57-33-31-56(32-34-57)26-6-2-1-3-11-40-12-7-13-43-44(40)37-60(51(43)65)45-16-19-48(62)55-49(45)63/h7-8,10,12-15,17-18,24,35-36,38,42,45H,1-2,4-6,9,16,19-23,25-34,37H2,(H,53,61)(H,55,62,63)/b18-14+. The maximum atomic E-state index is 13.4. The third-order valence-corrected chi connectivity index (χ3v) is 13.9. The highest BCUT2D eigenvalue weighted by molar-refractivity contribution is 6.05. The van der Waals surface area contributed by atoms with Crippen molar-refractivity contribution in [1.29, 1.82) is 0 Å². The number of nitrogens with one attached hydrogen (secondary N) is 2. The van der Waals surface area contributed by atoms with Crippen molar-refractivity contribution in [1.82, 2.24) is 40.2 Å². The molecule has 14 nitrogen and oxygen atoms in total. The van der Waals surface area contributed by atoms with Gasteiger partial charge in [0, 0.05) is 120 Å². The number of likely N-dealkylation sites (tertiary alicyclic amines) is 1. The second-order valence-electron chi connectivity index (χ2n) is 18.1. The number of carbonyl (C=O) groups is 5. The van der Waals surface area contributed by atoms with Crippen LogP contribution in [0.3, 0.4) is 0 Å². The van der Waals surface area contributed by atoms with E-state index in [2.05, 4.69) is 42.2 Å². The lowest BCUT2D eigenvalue weighted by molar-refractivity contribution is -0.137. The van der Waals surface area contributed by atoms with Crippen molar-refractivity contribution in [3.63, 3.8) is 0 Å². The van der Waals surface area contributed by atoms with Crippen molar-refractivity contribution < 1.29 is 24.0 Å². The number of fused-ring (bicyclic) bond motifs is 1. The van der Waals surface area contributed by atoms with Crippen LogP contribution in [0.25, 0.3) is 6.08 Å². The van der Waals surface area contributed by atoms with Gasteiger partial charge in [-0.1, -0.05) is 36.8 Å². The first-order chi connectivity index (χ1) is 31.8. The fourth-order valence-electron chi connectivity index (χ4n) is 10.0. The maximum absolute atomic E-state index is 13.4. The fraction of sp³-hybridized carbons (Fsp3) is 0.510. The van der Waals surface area contributed by atoms with Crippen LogP contribution in [0.1, 0.15) is 114 Å². The Morgan fingerprint density at radius 1 is 0.846 bits per heavy atom. The summed E-state index contributed by atoms with van der Waals surface area (Å²) in [7, 11) is 0. The van der Waals surface area contributed by atoms with E-state index in [1.54, 1.807) is 41.7 Å². The molecule has 14 heteroatoms. The Hall–Kier alpha value is -5.91. The van der Waals surface area contributed by atoms with Crippen LogP contribution in [0.4, 0.5) is 5.82 Å². The largest absolute Gasteiger partial charge is 0.357 e. The number of piperidine rings is 3. The molecule has 0 bridgehead atoms. The summed E-state index contributed by atoms with van der Waals surface area (Å²) in [6.45, 7) is 9.93. The van der Waals surface area contributed by atoms with Gasteiger partial charge in [0.25, 0.3) is 11.8 Å². The molecule has 0 saturated carbocycles. The number of piperazine rings is 1. The van der Waals surface area contributed by atoms with Gasteiger partial charge < -0.3 is 24.9 Å². The van der Waals surface area contributed by atoms with Crippen LogP contribution < -0.4 is 15.5 Å². The average Bonchev–Trinajstić information content (AvgIpc) is 3.68. The molecule has 0 radical (unpaired) electrons. The first-order valence-corrected chi connectivity index (χ1v) is 23.9. The van der Waals surface area contributed by atoms with Crippen molar-refractivity contribution in [2.75, 3.05) is 70.3 Å². The van der Waals surface area contributed by atoms with Crippen molar-refractivity contribution in [3.05, 3.63) is 94.9 Å². The molecule has 1 atom stereocenters. The molecule has 5 aliphatic heterocycles. The minimum absolute atomic E-state index is 0.0735. The topological polar surface area (TPSA) is 151 Å². The molecule has 0 spiro atoms. The van der Waals surface area contributed by atoms with Crippen LogP contribution in [-0.4, -0.2) is 137 Å². The third kappa shape index (κ3) is 12.1. The van der Waals surface area contributed by atoms with Gasteiger partial charge in [0.15, 0.2) is 0 Å². The Bertz CT molecular complexity index is 2230. The quantitative estimate of drug-likeness (QED) is 0.0935. The zero-order valence-electron chi connectivity index (χ0n) is 37.6. The van der Waals surface area contributed by atoms with Gasteiger partial charge in [0.2, 0.25) is 17.7 Å². The van der Waals surface area contributed by atoms with Gasteiger partial charge in [0.1, 0.15) is 11.9 Å². The smallest absolute Gasteiger partial charge is 0.255 e. The molecule has 4 saturated heterocycles. The number of amides is 5. The summed E-state index contributed by atoms with van der Waals surface area (Å²) in [4.78, 5) is 82.7. The number of unbranched alkanes of at least 4 members (excludes halogenated alkanes) is 3. The van der Waals surface area contributed by atoms with E-state index in [1.807, 2.05) is 41.3 Å². The first kappa shape index (κ1) is 45.7. The van der Waals surface area contributed by atoms with Crippen molar-refractivity contribution >= 4 is 41.4 Å². The van der Waals surface area contributed by atoms with Gasteiger partial charge in [-0.05, 0) is 111 Å². The van der Waals surface area contributed by atoms with Crippen LogP contribution in [0.5, 0.6) is 0 Å². The van der Waals surface area contributed by atoms with E-state index in [0.29, 0.717) is 42.6 Å². The average molecular weight is 882 g/mol. The monoisotopic (exact) mass is 881 g/mol. The zero-order chi connectivity index (χ0) is 45.0. The van der Waals surface area contributed by atoms with E-state index < -0.39 is 11.9 Å². The molecular formula is C51H63N9O5. The first-order valence-electron chi connectivity index (χ1n) is 23.9. The Morgan fingerprint density at radius 3 is 2.43 bits per heavy atom. The van der Waals surface area contributed by atoms with Gasteiger partial charge >= 0.3 is 0 Å². The molecule has 5 aliphatic rings. The van der Waals surface area contributed by atoms with E-state index in [0.717, 1.165) is 146 Å². The maximum Gasteiger partial charge on any atom is 0.255 e. The number of carbonyl (C=O) groups excluding carboxylic acids is 5. The Kier molecular flexibility index (Phi) is 15.7. The number of benzene rings is 1. The fourth-order valence-corrected chi connectivity index (χ4v) is 10.0. The zero-order valence-corrected chi connectivity index (χ0v) is 37.6. The van der Waals surface area contributed by atoms with E-state index in [-0.39, 0.29) is 30.0 Å². The van der Waals surface area contributed by atoms with E-state index in [1.165, 1.54) is 0 Å². The number of rotatable bonds is 15. The van der Waals surface area contributed by atoms with Crippen LogP contribution in [0, 0.1) is 17.8 Å². The molecule has 3 aromatic rings. The SMILES string of the molecule is O=C(/C=C/c1cccnc1)NCCCCC1CCN(C(=O)c2ccc(N3CCC(N4CCN(CCCCC#Cc5cccc6c5CN(C5CCC(=O)NC5=O)C6=O)CC4)CC3)nc2)CC1. The highest BCUT2D eigenvalue weighted by Crippen LogP contribution is 2.30. The van der Waals surface area contributed by atoms with Crippen LogP contribution in [0.2, 0.25) is 0 Å². The summed E-state index contributed by atoms with van der Waals surface area (Å²) in [6.07, 6.45) is 19.4. The van der Waals surface area contributed by atoms with E-state index in [9.17, 15) is 24.0 Å². The molecule has 1 aromatic carbocycles. The second kappa shape index (κ2) is 22.3. The highest BCUT2D eigenvalue weighted by Gasteiger charge is 2.40. The molecular weight excluding hydrogens is 819 g/mol. The number of nitrogens with zero attached hydrogens (tertiary/aromatic N) is 7. The predicted octanol–water partition coefficient (Wildman–Crippen LogP) is 4.90. The minimum Gasteiger partial charge on any atom is -0.357 e. The van der Waals surface area contributed by atoms with Gasteiger partial charge in [-0.3, -0.25) is 39.2 Å². The normalized spacial score (nSPS) is 20.2. The van der Waals surface area contributed by atoms with Crippen molar-refractivity contribution in [2.45, 2.75) is 95.7 Å².